The van der Waals surface area contributed by atoms with Gasteiger partial charge in [-0.3, -0.25) is 0 Å². The molecule has 0 bridgehead atoms. The fourth-order valence-corrected chi connectivity index (χ4v) is 2.03. The molecule has 2 unspecified atom stereocenters. The van der Waals surface area contributed by atoms with Crippen molar-refractivity contribution in [3.8, 4) is 0 Å². The van der Waals surface area contributed by atoms with Gasteiger partial charge in [0.1, 0.15) is 0 Å². The van der Waals surface area contributed by atoms with Crippen molar-refractivity contribution in [3.05, 3.63) is 0 Å². The van der Waals surface area contributed by atoms with Crippen LogP contribution >= 0.6 is 15.9 Å². The van der Waals surface area contributed by atoms with Gasteiger partial charge in [0.25, 0.3) is 0 Å². The molecule has 1 aliphatic rings. The molecule has 9 heavy (non-hydrogen) atoms. The second-order valence-corrected chi connectivity index (χ2v) is 4.51. The monoisotopic (exact) mass is 190 g/mol. The van der Waals surface area contributed by atoms with Crippen molar-refractivity contribution < 1.29 is 0 Å². The van der Waals surface area contributed by atoms with Crippen LogP contribution in [0, 0.1) is 5.92 Å². The SMILES string of the molecule is CC1CCCC(Br)CC1. The Balaban J connectivity index is 2.25. The highest BCUT2D eigenvalue weighted by Crippen LogP contribution is 2.26. The van der Waals surface area contributed by atoms with Gasteiger partial charge in [-0.15, -0.1) is 0 Å². The second-order valence-electron chi connectivity index (χ2n) is 3.21. The molecule has 0 N–H and O–H groups in total. The molecule has 1 aliphatic carbocycles. The Hall–Kier alpha value is 0.480. The van der Waals surface area contributed by atoms with Crippen molar-refractivity contribution >= 4 is 15.9 Å². The van der Waals surface area contributed by atoms with Crippen LogP contribution in [0.3, 0.4) is 0 Å². The minimum Gasteiger partial charge on any atom is -0.0891 e. The fourth-order valence-electron chi connectivity index (χ4n) is 1.44. The molecule has 0 aromatic rings. The van der Waals surface area contributed by atoms with Crippen LogP contribution in [0.4, 0.5) is 0 Å². The first-order valence-corrected chi connectivity index (χ1v) is 4.84. The number of rotatable bonds is 0. The molecule has 0 saturated heterocycles. The third-order valence-electron chi connectivity index (χ3n) is 2.19. The van der Waals surface area contributed by atoms with Crippen LogP contribution in [-0.2, 0) is 0 Å². The zero-order valence-electron chi connectivity index (χ0n) is 6.07. The molecule has 0 aliphatic heterocycles. The van der Waals surface area contributed by atoms with E-state index in [9.17, 15) is 0 Å². The van der Waals surface area contributed by atoms with Gasteiger partial charge >= 0.3 is 0 Å². The summed E-state index contributed by atoms with van der Waals surface area (Å²) in [5, 5.41) is 0. The third kappa shape index (κ3) is 2.70. The largest absolute Gasteiger partial charge is 0.0891 e. The molecule has 54 valence electrons. The number of halogens is 1. The average Bonchev–Trinajstić information content (AvgIpc) is 1.97. The molecule has 1 fully saturated rings. The average molecular weight is 191 g/mol. The van der Waals surface area contributed by atoms with E-state index in [0.717, 1.165) is 10.7 Å². The van der Waals surface area contributed by atoms with E-state index in [-0.39, 0.29) is 0 Å². The van der Waals surface area contributed by atoms with E-state index in [1.165, 1.54) is 32.1 Å². The van der Waals surface area contributed by atoms with Crippen LogP contribution in [0.5, 0.6) is 0 Å². The molecule has 0 spiro atoms. The van der Waals surface area contributed by atoms with Crippen LogP contribution in [0.1, 0.15) is 39.0 Å². The maximum absolute atomic E-state index is 3.67. The lowest BCUT2D eigenvalue weighted by Crippen LogP contribution is -1.94. The van der Waals surface area contributed by atoms with E-state index in [0.29, 0.717) is 0 Å². The first-order chi connectivity index (χ1) is 4.29. The lowest BCUT2D eigenvalue weighted by molar-refractivity contribution is 0.505. The fraction of sp³-hybridized carbons (Fsp3) is 1.00. The van der Waals surface area contributed by atoms with Gasteiger partial charge in [0.2, 0.25) is 0 Å². The Morgan fingerprint density at radius 2 is 1.89 bits per heavy atom. The van der Waals surface area contributed by atoms with Crippen molar-refractivity contribution in [1.29, 1.82) is 0 Å². The second kappa shape index (κ2) is 3.60. The highest BCUT2D eigenvalue weighted by molar-refractivity contribution is 9.09. The maximum atomic E-state index is 3.67. The zero-order valence-corrected chi connectivity index (χ0v) is 7.65. The molecular weight excluding hydrogens is 176 g/mol. The summed E-state index contributed by atoms with van der Waals surface area (Å²) < 4.78 is 0. The lowest BCUT2D eigenvalue weighted by Gasteiger charge is -2.04. The summed E-state index contributed by atoms with van der Waals surface area (Å²) in [5.74, 6) is 0.979. The van der Waals surface area contributed by atoms with E-state index in [1.807, 2.05) is 0 Å². The molecule has 0 aromatic carbocycles. The highest BCUT2D eigenvalue weighted by Gasteiger charge is 2.12. The first kappa shape index (κ1) is 7.59. The quantitative estimate of drug-likeness (QED) is 0.407. The standard InChI is InChI=1S/C8H15Br/c1-7-3-2-4-8(9)6-5-7/h7-8H,2-6H2,1H3. The minimum absolute atomic E-state index is 0.822. The van der Waals surface area contributed by atoms with E-state index in [1.54, 1.807) is 0 Å². The Morgan fingerprint density at radius 1 is 1.11 bits per heavy atom. The smallest absolute Gasteiger partial charge is 0.0145 e. The molecule has 2 atom stereocenters. The van der Waals surface area contributed by atoms with Gasteiger partial charge in [-0.2, -0.15) is 0 Å². The molecule has 1 rings (SSSR count). The van der Waals surface area contributed by atoms with Crippen LogP contribution in [-0.4, -0.2) is 4.83 Å². The zero-order chi connectivity index (χ0) is 6.69. The van der Waals surface area contributed by atoms with Gasteiger partial charge in [0.05, 0.1) is 0 Å². The molecule has 1 heteroatoms. The lowest BCUT2D eigenvalue weighted by atomic mass is 10.0. The van der Waals surface area contributed by atoms with Crippen LogP contribution < -0.4 is 0 Å². The number of hydrogen-bond donors (Lipinski definition) is 0. The molecule has 0 aromatic heterocycles. The normalized spacial score (nSPS) is 38.0. The van der Waals surface area contributed by atoms with E-state index in [4.69, 9.17) is 0 Å². The van der Waals surface area contributed by atoms with Gasteiger partial charge in [0.15, 0.2) is 0 Å². The molecule has 0 nitrogen and oxygen atoms in total. The Bertz CT molecular complexity index is 70.6. The summed E-state index contributed by atoms with van der Waals surface area (Å²) in [6.45, 7) is 2.37. The Kier molecular flexibility index (Phi) is 3.03. The molecule has 0 heterocycles. The number of hydrogen-bond acceptors (Lipinski definition) is 0. The Morgan fingerprint density at radius 3 is 2.67 bits per heavy atom. The van der Waals surface area contributed by atoms with Gasteiger partial charge in [-0.05, 0) is 25.2 Å². The topological polar surface area (TPSA) is 0 Å². The van der Waals surface area contributed by atoms with E-state index < -0.39 is 0 Å². The maximum Gasteiger partial charge on any atom is 0.0145 e. The van der Waals surface area contributed by atoms with Gasteiger partial charge in [-0.25, -0.2) is 0 Å². The summed E-state index contributed by atoms with van der Waals surface area (Å²) in [7, 11) is 0. The van der Waals surface area contributed by atoms with Crippen LogP contribution in [0.25, 0.3) is 0 Å². The Labute approximate surface area is 66.2 Å². The van der Waals surface area contributed by atoms with Crippen molar-refractivity contribution in [2.75, 3.05) is 0 Å². The van der Waals surface area contributed by atoms with Gasteiger partial charge in [0, 0.05) is 4.83 Å². The first-order valence-electron chi connectivity index (χ1n) is 3.93. The van der Waals surface area contributed by atoms with Crippen LogP contribution in [0.2, 0.25) is 0 Å². The van der Waals surface area contributed by atoms with E-state index >= 15 is 0 Å². The van der Waals surface area contributed by atoms with Crippen LogP contribution in [0.15, 0.2) is 0 Å². The minimum atomic E-state index is 0.822. The van der Waals surface area contributed by atoms with E-state index in [2.05, 4.69) is 22.9 Å². The molecule has 0 radical (unpaired) electrons. The van der Waals surface area contributed by atoms with Crippen molar-refractivity contribution in [2.45, 2.75) is 43.9 Å². The molecular formula is C8H15Br. The predicted molar refractivity (Wildman–Crippen MR) is 45.0 cm³/mol. The highest BCUT2D eigenvalue weighted by atomic mass is 79.9. The number of alkyl halides is 1. The van der Waals surface area contributed by atoms with Gasteiger partial charge < -0.3 is 0 Å². The summed E-state index contributed by atoms with van der Waals surface area (Å²) in [4.78, 5) is 0.822. The molecule has 0 amide bonds. The summed E-state index contributed by atoms with van der Waals surface area (Å²) >= 11 is 3.67. The summed E-state index contributed by atoms with van der Waals surface area (Å²) in [6.07, 6.45) is 7.08. The van der Waals surface area contributed by atoms with Crippen molar-refractivity contribution in [2.24, 2.45) is 5.92 Å². The molecule has 1 saturated carbocycles. The summed E-state index contributed by atoms with van der Waals surface area (Å²) in [5.41, 5.74) is 0. The third-order valence-corrected chi connectivity index (χ3v) is 3.10. The van der Waals surface area contributed by atoms with Crippen molar-refractivity contribution in [1.82, 2.24) is 0 Å². The predicted octanol–water partition coefficient (Wildman–Crippen LogP) is 3.35. The van der Waals surface area contributed by atoms with Gasteiger partial charge in [-0.1, -0.05) is 35.7 Å². The summed E-state index contributed by atoms with van der Waals surface area (Å²) in [6, 6.07) is 0. The van der Waals surface area contributed by atoms with Crippen molar-refractivity contribution in [3.63, 3.8) is 0 Å².